The number of sulfonamides is 1. The molecule has 8 nitrogen and oxygen atoms in total. The Morgan fingerprint density at radius 3 is 2.26 bits per heavy atom. The minimum atomic E-state index is -4.22. The first-order valence-corrected chi connectivity index (χ1v) is 17.6. The number of aryl methyl sites for hydroxylation is 1. The van der Waals surface area contributed by atoms with Crippen LogP contribution < -0.4 is 14.4 Å². The van der Waals surface area contributed by atoms with Crippen LogP contribution in [0.2, 0.25) is 5.02 Å². The maximum absolute atomic E-state index is 14.7. The van der Waals surface area contributed by atoms with E-state index < -0.39 is 28.5 Å². The summed E-state index contributed by atoms with van der Waals surface area (Å²) in [5, 5.41) is 3.51. The van der Waals surface area contributed by atoms with E-state index >= 15 is 0 Å². The van der Waals surface area contributed by atoms with Gasteiger partial charge in [0, 0.05) is 24.0 Å². The molecule has 246 valence electrons. The molecule has 0 aliphatic heterocycles. The van der Waals surface area contributed by atoms with Crippen molar-refractivity contribution in [2.24, 2.45) is 0 Å². The third-order valence-corrected chi connectivity index (χ3v) is 10.5. The van der Waals surface area contributed by atoms with Crippen molar-refractivity contribution in [1.29, 1.82) is 0 Å². The zero-order valence-corrected chi connectivity index (χ0v) is 28.2. The summed E-state index contributed by atoms with van der Waals surface area (Å²) in [6.07, 6.45) is 4.07. The molecule has 5 rings (SSSR count). The van der Waals surface area contributed by atoms with Gasteiger partial charge in [-0.3, -0.25) is 13.9 Å². The largest absolute Gasteiger partial charge is 0.497 e. The summed E-state index contributed by atoms with van der Waals surface area (Å²) in [4.78, 5) is 30.3. The van der Waals surface area contributed by atoms with E-state index in [2.05, 4.69) is 5.32 Å². The average molecular weight is 674 g/mol. The van der Waals surface area contributed by atoms with Gasteiger partial charge in [-0.25, -0.2) is 8.42 Å². The molecule has 1 N–H and O–H groups in total. The fourth-order valence-corrected chi connectivity index (χ4v) is 7.48. The topological polar surface area (TPSA) is 96.0 Å². The van der Waals surface area contributed by atoms with Crippen LogP contribution >= 0.6 is 11.6 Å². The highest BCUT2D eigenvalue weighted by molar-refractivity contribution is 7.92. The van der Waals surface area contributed by atoms with Gasteiger partial charge in [-0.2, -0.15) is 0 Å². The van der Waals surface area contributed by atoms with Crippen molar-refractivity contribution >= 4 is 39.1 Å². The summed E-state index contributed by atoms with van der Waals surface area (Å²) in [5.74, 6) is -0.203. The zero-order chi connectivity index (χ0) is 33.4. The molecule has 0 aromatic heterocycles. The van der Waals surface area contributed by atoms with E-state index in [1.807, 2.05) is 55.5 Å². The Morgan fingerprint density at radius 1 is 0.894 bits per heavy atom. The van der Waals surface area contributed by atoms with Crippen molar-refractivity contribution in [3.8, 4) is 5.75 Å². The molecule has 1 fully saturated rings. The van der Waals surface area contributed by atoms with E-state index in [9.17, 15) is 18.0 Å². The third-order valence-electron chi connectivity index (χ3n) is 8.44. The molecule has 1 aliphatic carbocycles. The van der Waals surface area contributed by atoms with Crippen LogP contribution in [-0.4, -0.2) is 50.9 Å². The fraction of sp³-hybridized carbons (Fsp3) is 0.297. The number of anilines is 1. The van der Waals surface area contributed by atoms with Crippen LogP contribution in [0, 0.1) is 6.92 Å². The standard InChI is InChI=1S/C37H40ClN3O5S/c1-27-18-20-34(21-19-27)47(44,45)41(32-16-9-13-30(38)24-32)26-36(42)40(25-29-12-8-17-33(22-29)46-2)35(23-28-10-4-3-5-11-28)37(43)39-31-14-6-7-15-31/h3-5,8-13,16-22,24,31,35H,6-7,14-15,23,25-26H2,1-2H3,(H,39,43)/t35-/m0/s1. The highest BCUT2D eigenvalue weighted by atomic mass is 35.5. The number of rotatable bonds is 13. The second-order valence-corrected chi connectivity index (χ2v) is 14.2. The van der Waals surface area contributed by atoms with Crippen LogP contribution in [0.4, 0.5) is 5.69 Å². The first-order chi connectivity index (χ1) is 22.6. The Kier molecular flexibility index (Phi) is 11.2. The summed E-state index contributed by atoms with van der Waals surface area (Å²) in [6.45, 7) is 1.37. The molecule has 0 heterocycles. The monoisotopic (exact) mass is 673 g/mol. The molecule has 0 bridgehead atoms. The van der Waals surface area contributed by atoms with Gasteiger partial charge >= 0.3 is 0 Å². The van der Waals surface area contributed by atoms with Crippen molar-refractivity contribution in [3.63, 3.8) is 0 Å². The summed E-state index contributed by atoms with van der Waals surface area (Å²) in [7, 11) is -2.65. The Balaban J connectivity index is 1.57. The van der Waals surface area contributed by atoms with Crippen molar-refractivity contribution in [2.75, 3.05) is 18.0 Å². The summed E-state index contributed by atoms with van der Waals surface area (Å²) < 4.78 is 34.9. The van der Waals surface area contributed by atoms with Gasteiger partial charge in [0.05, 0.1) is 17.7 Å². The first-order valence-electron chi connectivity index (χ1n) is 15.8. The Morgan fingerprint density at radius 2 is 1.57 bits per heavy atom. The van der Waals surface area contributed by atoms with E-state index in [0.717, 1.165) is 46.7 Å². The minimum absolute atomic E-state index is 0.0272. The van der Waals surface area contributed by atoms with Gasteiger partial charge in [-0.05, 0) is 73.4 Å². The minimum Gasteiger partial charge on any atom is -0.497 e. The highest BCUT2D eigenvalue weighted by Crippen LogP contribution is 2.28. The molecular weight excluding hydrogens is 634 g/mol. The molecule has 4 aromatic carbocycles. The van der Waals surface area contributed by atoms with E-state index in [4.69, 9.17) is 16.3 Å². The Labute approximate surface area is 282 Å². The predicted octanol–water partition coefficient (Wildman–Crippen LogP) is 6.55. The first kappa shape index (κ1) is 34.0. The number of halogens is 1. The molecular formula is C37H40ClN3O5S. The van der Waals surface area contributed by atoms with Gasteiger partial charge in [0.2, 0.25) is 11.8 Å². The van der Waals surface area contributed by atoms with Crippen LogP contribution in [0.5, 0.6) is 5.75 Å². The quantitative estimate of drug-likeness (QED) is 0.174. The van der Waals surface area contributed by atoms with Gasteiger partial charge in [0.15, 0.2) is 0 Å². The number of amides is 2. The molecule has 1 atom stereocenters. The predicted molar refractivity (Wildman–Crippen MR) is 185 cm³/mol. The summed E-state index contributed by atoms with van der Waals surface area (Å²) in [5.41, 5.74) is 2.75. The second kappa shape index (κ2) is 15.5. The molecule has 0 radical (unpaired) electrons. The van der Waals surface area contributed by atoms with Crippen LogP contribution in [0.25, 0.3) is 0 Å². The number of hydrogen-bond donors (Lipinski definition) is 1. The lowest BCUT2D eigenvalue weighted by Crippen LogP contribution is -2.54. The number of nitrogens with one attached hydrogen (secondary N) is 1. The number of hydrogen-bond acceptors (Lipinski definition) is 5. The normalized spacial score (nSPS) is 13.9. The van der Waals surface area contributed by atoms with Crippen LogP contribution in [-0.2, 0) is 32.6 Å². The molecule has 2 amide bonds. The summed E-state index contributed by atoms with van der Waals surface area (Å²) >= 11 is 6.32. The summed E-state index contributed by atoms with van der Waals surface area (Å²) in [6, 6.07) is 28.8. The molecule has 47 heavy (non-hydrogen) atoms. The third kappa shape index (κ3) is 8.73. The SMILES string of the molecule is COc1cccc(CN(C(=O)CN(c2cccc(Cl)c2)S(=O)(=O)c2ccc(C)cc2)[C@@H](Cc2ccccc2)C(=O)NC2CCCC2)c1. The van der Waals surface area contributed by atoms with Crippen LogP contribution in [0.1, 0.15) is 42.4 Å². The van der Waals surface area contributed by atoms with Gasteiger partial charge in [0.1, 0.15) is 18.3 Å². The number of ether oxygens (including phenoxy) is 1. The second-order valence-electron chi connectivity index (χ2n) is 11.9. The van der Waals surface area contributed by atoms with Gasteiger partial charge in [-0.1, -0.05) is 90.7 Å². The molecule has 0 saturated heterocycles. The van der Waals surface area contributed by atoms with Crippen LogP contribution in [0.15, 0.2) is 108 Å². The maximum atomic E-state index is 14.7. The lowest BCUT2D eigenvalue weighted by atomic mass is 10.0. The van der Waals surface area contributed by atoms with Crippen LogP contribution in [0.3, 0.4) is 0 Å². The molecule has 0 unspecified atom stereocenters. The number of nitrogens with zero attached hydrogens (tertiary/aromatic N) is 2. The van der Waals surface area contributed by atoms with Crippen molar-refractivity contribution in [1.82, 2.24) is 10.2 Å². The Bertz CT molecular complexity index is 1780. The van der Waals surface area contributed by atoms with E-state index in [-0.39, 0.29) is 35.5 Å². The Hall–Kier alpha value is -4.34. The number of carbonyl (C=O) groups excluding carboxylic acids is 2. The average Bonchev–Trinajstić information content (AvgIpc) is 3.59. The smallest absolute Gasteiger partial charge is 0.264 e. The van der Waals surface area contributed by atoms with Gasteiger partial charge < -0.3 is 15.0 Å². The number of carbonyl (C=O) groups is 2. The molecule has 1 aliphatic rings. The number of benzene rings is 4. The maximum Gasteiger partial charge on any atom is 0.264 e. The molecule has 4 aromatic rings. The molecule has 10 heteroatoms. The van der Waals surface area contributed by atoms with E-state index in [0.29, 0.717) is 10.8 Å². The van der Waals surface area contributed by atoms with E-state index in [1.54, 1.807) is 43.5 Å². The lowest BCUT2D eigenvalue weighted by Gasteiger charge is -2.34. The van der Waals surface area contributed by atoms with Gasteiger partial charge in [-0.15, -0.1) is 0 Å². The van der Waals surface area contributed by atoms with Crippen molar-refractivity contribution < 1.29 is 22.7 Å². The fourth-order valence-electron chi connectivity index (χ4n) is 5.89. The lowest BCUT2D eigenvalue weighted by molar-refractivity contribution is -0.140. The van der Waals surface area contributed by atoms with Crippen molar-refractivity contribution in [3.05, 3.63) is 125 Å². The van der Waals surface area contributed by atoms with E-state index in [1.165, 1.54) is 23.1 Å². The highest BCUT2D eigenvalue weighted by Gasteiger charge is 2.35. The molecule has 0 spiro atoms. The zero-order valence-electron chi connectivity index (χ0n) is 26.6. The van der Waals surface area contributed by atoms with Crippen molar-refractivity contribution in [2.45, 2.75) is 62.6 Å². The number of methoxy groups -OCH3 is 1. The van der Waals surface area contributed by atoms with Gasteiger partial charge in [0.25, 0.3) is 10.0 Å². The molecule has 1 saturated carbocycles.